The molecule has 0 bridgehead atoms. The predicted molar refractivity (Wildman–Crippen MR) is 63.6 cm³/mol. The van der Waals surface area contributed by atoms with Crippen molar-refractivity contribution in [2.45, 2.75) is 19.4 Å². The Kier molecular flexibility index (Phi) is 7.15. The molecule has 0 aliphatic heterocycles. The van der Waals surface area contributed by atoms with Gasteiger partial charge in [0.2, 0.25) is 10.4 Å². The second-order valence-corrected chi connectivity index (χ2v) is 6.08. The zero-order valence-corrected chi connectivity index (χ0v) is 11.8. The van der Waals surface area contributed by atoms with Gasteiger partial charge in [0.05, 0.1) is 18.5 Å². The minimum atomic E-state index is -4.92. The minimum Gasteiger partial charge on any atom is -0.726 e. The van der Waals surface area contributed by atoms with Gasteiger partial charge in [-0.15, -0.1) is 4.68 Å². The Morgan fingerprint density at radius 3 is 2.11 bits per heavy atom. The monoisotopic (exact) mass is 316 g/mol. The average Bonchev–Trinajstić information content (AvgIpc) is 2.55. The summed E-state index contributed by atoms with van der Waals surface area (Å²) in [6, 6.07) is 1.92. The highest BCUT2D eigenvalue weighted by molar-refractivity contribution is 7.85. The quantitative estimate of drug-likeness (QED) is 0.307. The Morgan fingerprint density at radius 2 is 1.74 bits per heavy atom. The van der Waals surface area contributed by atoms with Gasteiger partial charge in [-0.25, -0.2) is 8.42 Å². The van der Waals surface area contributed by atoms with Crippen molar-refractivity contribution in [1.82, 2.24) is 4.68 Å². The van der Waals surface area contributed by atoms with Crippen LogP contribution in [0.3, 0.4) is 0 Å². The van der Waals surface area contributed by atoms with Crippen molar-refractivity contribution in [3.63, 3.8) is 0 Å². The fraction of sp³-hybridized carbons (Fsp3) is 0.625. The molecule has 0 radical (unpaired) electrons. The highest BCUT2D eigenvalue weighted by atomic mass is 32.3. The largest absolute Gasteiger partial charge is 0.726 e. The van der Waals surface area contributed by atoms with E-state index < -0.39 is 20.5 Å². The lowest BCUT2D eigenvalue weighted by Gasteiger charge is -1.99. The first-order valence-electron chi connectivity index (χ1n) is 5.13. The number of aromatic nitrogens is 2. The van der Waals surface area contributed by atoms with E-state index in [1.54, 1.807) is 0 Å². The Morgan fingerprint density at radius 1 is 1.21 bits per heavy atom. The maximum atomic E-state index is 10.4. The topological polar surface area (TPSA) is 141 Å². The molecule has 0 spiro atoms. The molecule has 1 rings (SSSR count). The normalized spacial score (nSPS) is 11.8. The number of hydrogen-bond acceptors (Lipinski definition) is 5. The van der Waals surface area contributed by atoms with Crippen molar-refractivity contribution in [2.75, 3.05) is 5.75 Å². The van der Waals surface area contributed by atoms with Gasteiger partial charge < -0.3 is 4.55 Å². The summed E-state index contributed by atoms with van der Waals surface area (Å²) in [6.07, 6.45) is 5.07. The Hall–Kier alpha value is -1.01. The first-order valence-corrected chi connectivity index (χ1v) is 8.11. The van der Waals surface area contributed by atoms with E-state index >= 15 is 0 Å². The second kappa shape index (κ2) is 7.55. The average molecular weight is 316 g/mol. The zero-order valence-electron chi connectivity index (χ0n) is 10.2. The van der Waals surface area contributed by atoms with E-state index in [1.807, 2.05) is 34.9 Å². The molecule has 0 amide bonds. The third-order valence-electron chi connectivity index (χ3n) is 2.00. The van der Waals surface area contributed by atoms with Crippen LogP contribution < -0.4 is 4.68 Å². The van der Waals surface area contributed by atoms with Crippen LogP contribution in [0.15, 0.2) is 18.5 Å². The number of aryl methyl sites for hydroxylation is 2. The second-order valence-electron chi connectivity index (χ2n) is 3.65. The zero-order chi connectivity index (χ0) is 15.1. The standard InChI is InChI=1S/C8H14N2O3S.H2O4S/c1-9-5-4-7-10(9)6-2-3-8-14(11,12)13;1-5(2,3)4/h4-5,7H,2-3,6,8H2,1H3;(H2,1,2,3,4). The third-order valence-corrected chi connectivity index (χ3v) is 2.81. The summed E-state index contributed by atoms with van der Waals surface area (Å²) in [7, 11) is -6.79. The predicted octanol–water partition coefficient (Wildman–Crippen LogP) is -1.01. The molecule has 0 saturated heterocycles. The van der Waals surface area contributed by atoms with E-state index in [4.69, 9.17) is 22.1 Å². The van der Waals surface area contributed by atoms with Crippen LogP contribution in [0.2, 0.25) is 0 Å². The van der Waals surface area contributed by atoms with E-state index in [0.717, 1.165) is 13.0 Å². The molecule has 9 nitrogen and oxygen atoms in total. The molecular formula is C8H16N2O7S2. The van der Waals surface area contributed by atoms with Crippen molar-refractivity contribution < 1.29 is 35.2 Å². The number of rotatable bonds is 5. The Bertz CT molecular complexity index is 568. The van der Waals surface area contributed by atoms with Crippen molar-refractivity contribution in [2.24, 2.45) is 7.05 Å². The molecule has 19 heavy (non-hydrogen) atoms. The molecule has 0 saturated carbocycles. The number of unbranched alkanes of at least 4 members (excludes halogenated alkanes) is 1. The minimum absolute atomic E-state index is 0.155. The van der Waals surface area contributed by atoms with Gasteiger partial charge in [-0.05, 0) is 12.8 Å². The molecule has 1 aromatic rings. The van der Waals surface area contributed by atoms with Gasteiger partial charge in [0.15, 0.2) is 13.2 Å². The van der Waals surface area contributed by atoms with Crippen LogP contribution in [0.4, 0.5) is 0 Å². The summed E-state index contributed by atoms with van der Waals surface area (Å²) in [6.45, 7) is 0.763. The molecule has 0 atom stereocenters. The highest BCUT2D eigenvalue weighted by Gasteiger charge is 2.05. The van der Waals surface area contributed by atoms with Crippen molar-refractivity contribution in [3.05, 3.63) is 18.5 Å². The highest BCUT2D eigenvalue weighted by Crippen LogP contribution is 1.96. The van der Waals surface area contributed by atoms with Crippen molar-refractivity contribution >= 4 is 20.5 Å². The summed E-state index contributed by atoms with van der Waals surface area (Å²) in [4.78, 5) is 0. The van der Waals surface area contributed by atoms with Crippen molar-refractivity contribution in [3.8, 4) is 0 Å². The first-order chi connectivity index (χ1) is 8.49. The molecule has 0 unspecified atom stereocenters. The molecule has 2 N–H and O–H groups in total. The van der Waals surface area contributed by atoms with Gasteiger partial charge in [0, 0.05) is 6.07 Å². The summed E-state index contributed by atoms with van der Waals surface area (Å²) in [5.41, 5.74) is 0. The van der Waals surface area contributed by atoms with Crippen LogP contribution in [0, 0.1) is 0 Å². The van der Waals surface area contributed by atoms with Gasteiger partial charge in [0.25, 0.3) is 10.1 Å². The van der Waals surface area contributed by atoms with Gasteiger partial charge >= 0.3 is 0 Å². The molecule has 0 aliphatic rings. The van der Waals surface area contributed by atoms with Crippen LogP contribution in [-0.4, -0.2) is 40.9 Å². The molecule has 112 valence electrons. The lowest BCUT2D eigenvalue weighted by molar-refractivity contribution is -0.753. The third kappa shape index (κ3) is 13.2. The number of hydrogen-bond donors (Lipinski definition) is 2. The molecule has 0 aliphatic carbocycles. The molecule has 11 heteroatoms. The molecule has 1 heterocycles. The van der Waals surface area contributed by atoms with Gasteiger partial charge in [0.1, 0.15) is 0 Å². The first kappa shape index (κ1) is 18.0. The summed E-state index contributed by atoms with van der Waals surface area (Å²) in [5, 5.41) is 0. The summed E-state index contributed by atoms with van der Waals surface area (Å²) >= 11 is 0. The molecule has 1 aromatic heterocycles. The molecule has 0 fully saturated rings. The summed E-state index contributed by atoms with van der Waals surface area (Å²) < 4.78 is 66.0. The van der Waals surface area contributed by atoms with Crippen LogP contribution in [-0.2, 0) is 34.1 Å². The Labute approximate surface area is 111 Å². The van der Waals surface area contributed by atoms with Gasteiger partial charge in [-0.2, -0.15) is 13.1 Å². The Balaban J connectivity index is 0.000000555. The van der Waals surface area contributed by atoms with Crippen LogP contribution in [0.1, 0.15) is 12.8 Å². The molecule has 0 aromatic carbocycles. The van der Waals surface area contributed by atoms with E-state index in [2.05, 4.69) is 0 Å². The maximum Gasteiger partial charge on any atom is 0.264 e. The van der Waals surface area contributed by atoms with Crippen molar-refractivity contribution in [1.29, 1.82) is 0 Å². The van der Waals surface area contributed by atoms with Crippen LogP contribution in [0.5, 0.6) is 0 Å². The van der Waals surface area contributed by atoms with Crippen LogP contribution >= 0.6 is 0 Å². The number of nitrogens with zero attached hydrogens (tertiary/aromatic N) is 2. The van der Waals surface area contributed by atoms with E-state index in [1.165, 1.54) is 0 Å². The van der Waals surface area contributed by atoms with Crippen LogP contribution in [0.25, 0.3) is 0 Å². The van der Waals surface area contributed by atoms with Gasteiger partial charge in [-0.1, -0.05) is 0 Å². The maximum absolute atomic E-state index is 10.4. The smallest absolute Gasteiger partial charge is 0.264 e. The SMILES string of the molecule is C[n+]1cccn1CCCCS(=O)(=O)O.O=S(=O)([O-])O. The van der Waals surface area contributed by atoms with E-state index in [9.17, 15) is 8.42 Å². The van der Waals surface area contributed by atoms with E-state index in [-0.39, 0.29) is 5.75 Å². The van der Waals surface area contributed by atoms with E-state index in [0.29, 0.717) is 6.42 Å². The lowest BCUT2D eigenvalue weighted by Crippen LogP contribution is -2.37. The lowest BCUT2D eigenvalue weighted by atomic mass is 10.3. The summed E-state index contributed by atoms with van der Waals surface area (Å²) in [5.74, 6) is -0.155. The molecular weight excluding hydrogens is 300 g/mol. The fourth-order valence-electron chi connectivity index (χ4n) is 1.24. The fourth-order valence-corrected chi connectivity index (χ4v) is 1.81. The van der Waals surface area contributed by atoms with Gasteiger partial charge in [-0.3, -0.25) is 9.11 Å².